The number of halogens is 2. The van der Waals surface area contributed by atoms with E-state index in [1.807, 2.05) is 28.4 Å². The molecule has 0 aliphatic carbocycles. The molecule has 1 aromatic rings. The fraction of sp³-hybridized carbons (Fsp3) is 0.111. The summed E-state index contributed by atoms with van der Waals surface area (Å²) >= 11 is 5.59. The second kappa shape index (κ2) is 4.99. The molecule has 0 radical (unpaired) electrons. The summed E-state index contributed by atoms with van der Waals surface area (Å²) in [5.41, 5.74) is 2.03. The zero-order valence-electron chi connectivity index (χ0n) is 6.30. The van der Waals surface area contributed by atoms with Crippen molar-refractivity contribution in [3.05, 3.63) is 37.9 Å². The highest BCUT2D eigenvalue weighted by molar-refractivity contribution is 14.1. The number of rotatable bonds is 2. The third-order valence-electron chi connectivity index (χ3n) is 1.49. The van der Waals surface area contributed by atoms with Gasteiger partial charge in [-0.2, -0.15) is 0 Å². The van der Waals surface area contributed by atoms with E-state index in [1.54, 1.807) is 0 Å². The molecule has 0 heterocycles. The van der Waals surface area contributed by atoms with E-state index >= 15 is 0 Å². The summed E-state index contributed by atoms with van der Waals surface area (Å²) in [7, 11) is 0. The van der Waals surface area contributed by atoms with Gasteiger partial charge in [0.25, 0.3) is 0 Å². The summed E-state index contributed by atoms with van der Waals surface area (Å²) in [4.78, 5) is 0. The highest BCUT2D eigenvalue weighted by atomic mass is 127. The number of benzene rings is 1. The minimum Gasteiger partial charge on any atom is -0.392 e. The zero-order valence-corrected chi connectivity index (χ0v) is 10.0. The van der Waals surface area contributed by atoms with Crippen molar-refractivity contribution in [3.8, 4) is 0 Å². The summed E-state index contributed by atoms with van der Waals surface area (Å²) in [6.07, 6.45) is 1.99. The molecule has 0 bridgehead atoms. The second-order valence-corrected chi connectivity index (χ2v) is 3.88. The van der Waals surface area contributed by atoms with Crippen LogP contribution in [0.1, 0.15) is 11.1 Å². The molecule has 0 amide bonds. The van der Waals surface area contributed by atoms with Crippen LogP contribution in [0, 0.1) is 0 Å². The topological polar surface area (TPSA) is 20.2 Å². The molecule has 1 aromatic carbocycles. The molecule has 0 saturated carbocycles. The van der Waals surface area contributed by atoms with Gasteiger partial charge in [-0.3, -0.25) is 0 Å². The van der Waals surface area contributed by atoms with Gasteiger partial charge in [-0.1, -0.05) is 44.6 Å². The third kappa shape index (κ3) is 2.57. The molecule has 1 nitrogen and oxygen atoms in total. The predicted octanol–water partition coefficient (Wildman–Crippen LogP) is 3.35. The van der Waals surface area contributed by atoms with E-state index in [0.717, 1.165) is 15.6 Å². The first kappa shape index (κ1) is 10.2. The van der Waals surface area contributed by atoms with Gasteiger partial charge in [0.15, 0.2) is 0 Å². The van der Waals surface area contributed by atoms with E-state index in [-0.39, 0.29) is 6.61 Å². The van der Waals surface area contributed by atoms with Crippen LogP contribution in [0.5, 0.6) is 0 Å². The molecule has 0 aromatic heterocycles. The summed E-state index contributed by atoms with van der Waals surface area (Å²) < 4.78 is 2.99. The number of hydrogen-bond donors (Lipinski definition) is 1. The zero-order chi connectivity index (χ0) is 8.97. The van der Waals surface area contributed by atoms with Crippen molar-refractivity contribution >= 4 is 44.6 Å². The molecule has 0 spiro atoms. The smallest absolute Gasteiger partial charge is 0.0682 e. The van der Waals surface area contributed by atoms with E-state index < -0.39 is 0 Å². The van der Waals surface area contributed by atoms with Crippen molar-refractivity contribution in [1.82, 2.24) is 0 Å². The van der Waals surface area contributed by atoms with E-state index in [2.05, 4.69) is 38.5 Å². The van der Waals surface area contributed by atoms with Gasteiger partial charge in [0.2, 0.25) is 0 Å². The van der Waals surface area contributed by atoms with Crippen LogP contribution in [0.15, 0.2) is 26.8 Å². The fourth-order valence-electron chi connectivity index (χ4n) is 0.887. The highest BCUT2D eigenvalue weighted by Crippen LogP contribution is 2.20. The van der Waals surface area contributed by atoms with Crippen LogP contribution in [0.4, 0.5) is 0 Å². The molecule has 12 heavy (non-hydrogen) atoms. The Kier molecular flexibility index (Phi) is 4.25. The van der Waals surface area contributed by atoms with Crippen molar-refractivity contribution in [2.24, 2.45) is 0 Å². The van der Waals surface area contributed by atoms with E-state index in [1.165, 1.54) is 0 Å². The third-order valence-corrected chi connectivity index (χ3v) is 2.57. The maximum absolute atomic E-state index is 8.88. The molecular formula is C9H8BrIO. The van der Waals surface area contributed by atoms with Gasteiger partial charge >= 0.3 is 0 Å². The van der Waals surface area contributed by atoms with E-state index in [4.69, 9.17) is 5.11 Å². The number of hydrogen-bond acceptors (Lipinski definition) is 1. The Balaban J connectivity index is 3.08. The van der Waals surface area contributed by atoms with Crippen LogP contribution >= 0.6 is 38.5 Å². The van der Waals surface area contributed by atoms with Crippen molar-refractivity contribution in [3.63, 3.8) is 0 Å². The second-order valence-electron chi connectivity index (χ2n) is 2.31. The first-order chi connectivity index (χ1) is 5.77. The van der Waals surface area contributed by atoms with E-state index in [9.17, 15) is 0 Å². The molecule has 64 valence electrons. The minimum atomic E-state index is 0.0926. The first-order valence-electron chi connectivity index (χ1n) is 3.44. The monoisotopic (exact) mass is 338 g/mol. The molecular weight excluding hydrogens is 331 g/mol. The minimum absolute atomic E-state index is 0.0926. The van der Waals surface area contributed by atoms with Gasteiger partial charge < -0.3 is 5.11 Å². The number of aliphatic hydroxyl groups is 1. The predicted molar refractivity (Wildman–Crippen MR) is 63.1 cm³/mol. The largest absolute Gasteiger partial charge is 0.392 e. The van der Waals surface area contributed by atoms with Gasteiger partial charge in [0.05, 0.1) is 6.61 Å². The number of aliphatic hydroxyl groups excluding tert-OH is 1. The normalized spacial score (nSPS) is 10.9. The molecule has 1 N–H and O–H groups in total. The quantitative estimate of drug-likeness (QED) is 0.820. The van der Waals surface area contributed by atoms with Gasteiger partial charge in [-0.15, -0.1) is 0 Å². The summed E-state index contributed by atoms with van der Waals surface area (Å²) in [5.74, 6) is 0. The first-order valence-corrected chi connectivity index (χ1v) is 5.48. The Morgan fingerprint density at radius 2 is 2.25 bits per heavy atom. The molecule has 1 rings (SSSR count). The Morgan fingerprint density at radius 1 is 1.50 bits per heavy atom. The van der Waals surface area contributed by atoms with Crippen LogP contribution in [0.25, 0.3) is 6.08 Å². The molecule has 0 unspecified atom stereocenters. The van der Waals surface area contributed by atoms with Crippen molar-refractivity contribution in [2.75, 3.05) is 0 Å². The maximum atomic E-state index is 8.88. The van der Waals surface area contributed by atoms with Crippen LogP contribution in [-0.2, 0) is 6.61 Å². The molecule has 3 heteroatoms. The average molecular weight is 339 g/mol. The molecule has 0 atom stereocenters. The molecule has 0 aliphatic heterocycles. The van der Waals surface area contributed by atoms with Crippen molar-refractivity contribution in [2.45, 2.75) is 6.61 Å². The lowest BCUT2D eigenvalue weighted by Crippen LogP contribution is -1.84. The molecule has 0 aliphatic rings. The SMILES string of the molecule is OCc1ccc(Br)c(/C=C\I)c1. The lowest BCUT2D eigenvalue weighted by Gasteiger charge is -2.00. The Bertz CT molecular complexity index is 297. The Morgan fingerprint density at radius 3 is 2.83 bits per heavy atom. The maximum Gasteiger partial charge on any atom is 0.0682 e. The summed E-state index contributed by atoms with van der Waals surface area (Å²) in [5, 5.41) is 8.88. The summed E-state index contributed by atoms with van der Waals surface area (Å²) in [6.45, 7) is 0.0926. The highest BCUT2D eigenvalue weighted by Gasteiger charge is 1.96. The van der Waals surface area contributed by atoms with Crippen LogP contribution in [0.3, 0.4) is 0 Å². The van der Waals surface area contributed by atoms with E-state index in [0.29, 0.717) is 0 Å². The van der Waals surface area contributed by atoms with Crippen molar-refractivity contribution < 1.29 is 5.11 Å². The van der Waals surface area contributed by atoms with Gasteiger partial charge in [0.1, 0.15) is 0 Å². The van der Waals surface area contributed by atoms with Gasteiger partial charge in [-0.25, -0.2) is 0 Å². The Hall–Kier alpha value is 0.130. The average Bonchev–Trinajstić information content (AvgIpc) is 2.09. The lowest BCUT2D eigenvalue weighted by atomic mass is 10.1. The molecule has 0 fully saturated rings. The van der Waals surface area contributed by atoms with Crippen LogP contribution < -0.4 is 0 Å². The Labute approximate surface area is 93.8 Å². The lowest BCUT2D eigenvalue weighted by molar-refractivity contribution is 0.282. The fourth-order valence-corrected chi connectivity index (χ4v) is 1.65. The van der Waals surface area contributed by atoms with Crippen LogP contribution in [0.2, 0.25) is 0 Å². The van der Waals surface area contributed by atoms with Crippen LogP contribution in [-0.4, -0.2) is 5.11 Å². The standard InChI is InChI=1S/C9H8BrIO/c10-9-2-1-7(6-12)5-8(9)3-4-11/h1-5,12H,6H2/b4-3-. The summed E-state index contributed by atoms with van der Waals surface area (Å²) in [6, 6.07) is 5.80. The van der Waals surface area contributed by atoms with Gasteiger partial charge in [0, 0.05) is 4.47 Å². The molecule has 0 saturated heterocycles. The van der Waals surface area contributed by atoms with Crippen molar-refractivity contribution in [1.29, 1.82) is 0 Å². The van der Waals surface area contributed by atoms with Gasteiger partial charge in [-0.05, 0) is 33.4 Å².